The number of amides is 1. The van der Waals surface area contributed by atoms with Crippen molar-refractivity contribution in [3.05, 3.63) is 40.4 Å². The lowest BCUT2D eigenvalue weighted by atomic mass is 9.90. The number of aliphatic carboxylic acids is 1. The highest BCUT2D eigenvalue weighted by Gasteiger charge is 2.31. The number of piperidine rings is 1. The number of carbonyl (C=O) groups excluding carboxylic acids is 1. The molecule has 2 unspecified atom stereocenters. The Morgan fingerprint density at radius 1 is 1.32 bits per heavy atom. The van der Waals surface area contributed by atoms with E-state index in [1.165, 1.54) is 11.3 Å². The van der Waals surface area contributed by atoms with Gasteiger partial charge >= 0.3 is 5.97 Å². The van der Waals surface area contributed by atoms with E-state index in [1.807, 2.05) is 36.6 Å². The summed E-state index contributed by atoms with van der Waals surface area (Å²) >= 11 is 7.38. The molecule has 1 fully saturated rings. The molecule has 1 aromatic carbocycles. The number of nitrogens with zero attached hydrogens (tertiary/aromatic N) is 2. The van der Waals surface area contributed by atoms with Gasteiger partial charge in [0.25, 0.3) is 0 Å². The van der Waals surface area contributed by atoms with Crippen LogP contribution in [0.3, 0.4) is 0 Å². The van der Waals surface area contributed by atoms with Gasteiger partial charge in [-0.05, 0) is 24.5 Å². The van der Waals surface area contributed by atoms with Crippen molar-refractivity contribution in [3.8, 4) is 10.6 Å². The van der Waals surface area contributed by atoms with E-state index < -0.39 is 11.9 Å². The highest BCUT2D eigenvalue weighted by atomic mass is 35.5. The van der Waals surface area contributed by atoms with E-state index >= 15 is 0 Å². The first-order chi connectivity index (χ1) is 11.9. The predicted octanol–water partition coefficient (Wildman–Crippen LogP) is 3.58. The molecule has 2 heterocycles. The van der Waals surface area contributed by atoms with Gasteiger partial charge < -0.3 is 10.0 Å². The second-order valence-corrected chi connectivity index (χ2v) is 7.80. The molecular weight excluding hydrogens is 360 g/mol. The Kier molecular flexibility index (Phi) is 5.39. The Balaban J connectivity index is 1.67. The number of aromatic nitrogens is 1. The minimum Gasteiger partial charge on any atom is -0.481 e. The van der Waals surface area contributed by atoms with Gasteiger partial charge in [0, 0.05) is 29.1 Å². The van der Waals surface area contributed by atoms with E-state index in [0.717, 1.165) is 10.6 Å². The highest BCUT2D eigenvalue weighted by Crippen LogP contribution is 2.26. The first-order valence-corrected chi connectivity index (χ1v) is 9.39. The van der Waals surface area contributed by atoms with Gasteiger partial charge in [0.1, 0.15) is 5.01 Å². The van der Waals surface area contributed by atoms with Gasteiger partial charge in [0.15, 0.2) is 0 Å². The van der Waals surface area contributed by atoms with Crippen LogP contribution < -0.4 is 0 Å². The minimum atomic E-state index is -0.831. The van der Waals surface area contributed by atoms with Crippen LogP contribution in [0, 0.1) is 11.8 Å². The summed E-state index contributed by atoms with van der Waals surface area (Å²) in [6.07, 6.45) is 0.819. The SMILES string of the molecule is CC1CC(C(=O)O)CN(C(=O)Cc2csc(-c3ccc(Cl)cc3)n2)C1. The number of thiazole rings is 1. The van der Waals surface area contributed by atoms with Gasteiger partial charge in [0.2, 0.25) is 5.91 Å². The van der Waals surface area contributed by atoms with Crippen molar-refractivity contribution >= 4 is 34.8 Å². The quantitative estimate of drug-likeness (QED) is 0.882. The van der Waals surface area contributed by atoms with Crippen LogP contribution in [-0.2, 0) is 16.0 Å². The molecular formula is C18H19ClN2O3S. The Labute approximate surface area is 155 Å². The van der Waals surface area contributed by atoms with Crippen molar-refractivity contribution in [2.24, 2.45) is 11.8 Å². The van der Waals surface area contributed by atoms with Crippen molar-refractivity contribution in [1.29, 1.82) is 0 Å². The standard InChI is InChI=1S/C18H19ClN2O3S/c1-11-6-13(18(23)24)9-21(8-11)16(22)7-15-10-25-17(20-15)12-2-4-14(19)5-3-12/h2-5,10-11,13H,6-9H2,1H3,(H,23,24). The molecule has 1 saturated heterocycles. The topological polar surface area (TPSA) is 70.5 Å². The average molecular weight is 379 g/mol. The monoisotopic (exact) mass is 378 g/mol. The van der Waals surface area contributed by atoms with Crippen LogP contribution >= 0.6 is 22.9 Å². The summed E-state index contributed by atoms with van der Waals surface area (Å²) in [5, 5.41) is 12.6. The predicted molar refractivity (Wildman–Crippen MR) is 97.8 cm³/mol. The largest absolute Gasteiger partial charge is 0.481 e. The molecule has 7 heteroatoms. The zero-order valence-electron chi connectivity index (χ0n) is 13.8. The lowest BCUT2D eigenvalue weighted by Crippen LogP contribution is -2.46. The summed E-state index contributed by atoms with van der Waals surface area (Å²) in [5.41, 5.74) is 1.68. The molecule has 1 N–H and O–H groups in total. The number of rotatable bonds is 4. The van der Waals surface area contributed by atoms with E-state index in [9.17, 15) is 14.7 Å². The Bertz CT molecular complexity index is 775. The fourth-order valence-corrected chi connectivity index (χ4v) is 4.07. The summed E-state index contributed by atoms with van der Waals surface area (Å²) in [4.78, 5) is 30.0. The summed E-state index contributed by atoms with van der Waals surface area (Å²) in [6.45, 7) is 2.88. The normalized spacial score (nSPS) is 20.5. The Hall–Kier alpha value is -1.92. The van der Waals surface area contributed by atoms with E-state index in [-0.39, 0.29) is 24.8 Å². The minimum absolute atomic E-state index is 0.0641. The smallest absolute Gasteiger partial charge is 0.308 e. The van der Waals surface area contributed by atoms with Crippen LogP contribution in [0.1, 0.15) is 19.0 Å². The van der Waals surface area contributed by atoms with Gasteiger partial charge in [-0.25, -0.2) is 4.98 Å². The van der Waals surface area contributed by atoms with E-state index in [1.54, 1.807) is 4.90 Å². The van der Waals surface area contributed by atoms with Crippen LogP contribution in [0.25, 0.3) is 10.6 Å². The van der Waals surface area contributed by atoms with Gasteiger partial charge in [-0.3, -0.25) is 9.59 Å². The number of hydrogen-bond acceptors (Lipinski definition) is 4. The molecule has 3 rings (SSSR count). The van der Waals surface area contributed by atoms with Gasteiger partial charge in [-0.15, -0.1) is 11.3 Å². The Morgan fingerprint density at radius 2 is 2.04 bits per heavy atom. The first-order valence-electron chi connectivity index (χ1n) is 8.13. The molecule has 2 atom stereocenters. The summed E-state index contributed by atoms with van der Waals surface area (Å²) < 4.78 is 0. The van der Waals surface area contributed by atoms with E-state index in [0.29, 0.717) is 23.7 Å². The summed E-state index contributed by atoms with van der Waals surface area (Å²) in [6, 6.07) is 7.42. The van der Waals surface area contributed by atoms with Crippen LogP contribution in [-0.4, -0.2) is 40.0 Å². The van der Waals surface area contributed by atoms with Gasteiger partial charge in [-0.2, -0.15) is 0 Å². The second-order valence-electron chi connectivity index (χ2n) is 6.50. The van der Waals surface area contributed by atoms with Crippen LogP contribution in [0.2, 0.25) is 5.02 Å². The third-order valence-corrected chi connectivity index (χ3v) is 5.53. The molecule has 0 spiro atoms. The van der Waals surface area contributed by atoms with Crippen LogP contribution in [0.4, 0.5) is 0 Å². The first kappa shape index (κ1) is 17.9. The molecule has 0 aliphatic carbocycles. The fourth-order valence-electron chi connectivity index (χ4n) is 3.11. The lowest BCUT2D eigenvalue weighted by Gasteiger charge is -2.34. The van der Waals surface area contributed by atoms with Crippen molar-refractivity contribution in [2.45, 2.75) is 19.8 Å². The molecule has 0 bridgehead atoms. The molecule has 1 aromatic heterocycles. The third kappa shape index (κ3) is 4.38. The molecule has 1 aliphatic rings. The fraction of sp³-hybridized carbons (Fsp3) is 0.389. The number of halogens is 1. The maximum Gasteiger partial charge on any atom is 0.308 e. The maximum absolute atomic E-state index is 12.6. The Morgan fingerprint density at radius 3 is 2.72 bits per heavy atom. The lowest BCUT2D eigenvalue weighted by molar-refractivity contribution is -0.146. The van der Waals surface area contributed by atoms with Crippen molar-refractivity contribution in [1.82, 2.24) is 9.88 Å². The zero-order valence-corrected chi connectivity index (χ0v) is 15.4. The number of carboxylic acid groups (broad SMARTS) is 1. The summed E-state index contributed by atoms with van der Waals surface area (Å²) in [5.74, 6) is -1.18. The molecule has 2 aromatic rings. The maximum atomic E-state index is 12.6. The zero-order chi connectivity index (χ0) is 18.0. The van der Waals surface area contributed by atoms with E-state index in [2.05, 4.69) is 4.98 Å². The van der Waals surface area contributed by atoms with E-state index in [4.69, 9.17) is 11.6 Å². The van der Waals surface area contributed by atoms with Crippen LogP contribution in [0.5, 0.6) is 0 Å². The summed E-state index contributed by atoms with van der Waals surface area (Å²) in [7, 11) is 0. The van der Waals surface area contributed by atoms with Crippen LogP contribution in [0.15, 0.2) is 29.6 Å². The number of benzene rings is 1. The van der Waals surface area contributed by atoms with Crippen molar-refractivity contribution in [2.75, 3.05) is 13.1 Å². The molecule has 1 amide bonds. The molecule has 0 radical (unpaired) electrons. The molecule has 0 saturated carbocycles. The average Bonchev–Trinajstić information content (AvgIpc) is 3.03. The number of likely N-dealkylation sites (tertiary alicyclic amines) is 1. The number of carbonyl (C=O) groups is 2. The number of carboxylic acids is 1. The molecule has 25 heavy (non-hydrogen) atoms. The van der Waals surface area contributed by atoms with Crippen molar-refractivity contribution in [3.63, 3.8) is 0 Å². The highest BCUT2D eigenvalue weighted by molar-refractivity contribution is 7.13. The number of hydrogen-bond donors (Lipinski definition) is 1. The molecule has 1 aliphatic heterocycles. The molecule has 132 valence electrons. The second kappa shape index (κ2) is 7.54. The van der Waals surface area contributed by atoms with Gasteiger partial charge in [-0.1, -0.05) is 30.7 Å². The van der Waals surface area contributed by atoms with Gasteiger partial charge in [0.05, 0.1) is 18.0 Å². The molecule has 5 nitrogen and oxygen atoms in total. The third-order valence-electron chi connectivity index (χ3n) is 4.34. The van der Waals surface area contributed by atoms with Crippen molar-refractivity contribution < 1.29 is 14.7 Å².